The van der Waals surface area contributed by atoms with Crippen LogP contribution >= 0.6 is 0 Å². The average Bonchev–Trinajstić information content (AvgIpc) is 2.90. The summed E-state index contributed by atoms with van der Waals surface area (Å²) >= 11 is 0. The fourth-order valence-corrected chi connectivity index (χ4v) is 3.13. The van der Waals surface area contributed by atoms with Gasteiger partial charge < -0.3 is 14.4 Å². The second kappa shape index (κ2) is 8.28. The largest absolute Gasteiger partial charge is 0.486 e. The Kier molecular flexibility index (Phi) is 5.81. The van der Waals surface area contributed by atoms with Crippen LogP contribution in [-0.2, 0) is 20.9 Å². The number of likely N-dealkylation sites (N-methyl/N-ethyl adjacent to an activating group) is 1. The molecular formula is C19H23N3O6. The van der Waals surface area contributed by atoms with Gasteiger partial charge in [0.2, 0.25) is 5.91 Å². The molecule has 0 radical (unpaired) electrons. The summed E-state index contributed by atoms with van der Waals surface area (Å²) in [7, 11) is 0. The van der Waals surface area contributed by atoms with Gasteiger partial charge in [-0.05, 0) is 31.0 Å². The predicted octanol–water partition coefficient (Wildman–Crippen LogP) is 1.01. The smallest absolute Gasteiger partial charge is 0.334 e. The molecule has 9 heteroatoms. The van der Waals surface area contributed by atoms with Gasteiger partial charge in [-0.2, -0.15) is 0 Å². The lowest BCUT2D eigenvalue weighted by Gasteiger charge is -2.24. The van der Waals surface area contributed by atoms with Crippen molar-refractivity contribution in [2.24, 2.45) is 0 Å². The first-order valence-corrected chi connectivity index (χ1v) is 9.29. The lowest BCUT2D eigenvalue weighted by Crippen LogP contribution is -2.43. The number of carbonyl (C=O) groups is 4. The van der Waals surface area contributed by atoms with Crippen LogP contribution in [0, 0.1) is 0 Å². The Bertz CT molecular complexity index is 809. The second-order valence-corrected chi connectivity index (χ2v) is 6.52. The van der Waals surface area contributed by atoms with Crippen molar-refractivity contribution in [1.82, 2.24) is 14.7 Å². The first-order valence-electron chi connectivity index (χ1n) is 9.29. The highest BCUT2D eigenvalue weighted by Crippen LogP contribution is 2.31. The third kappa shape index (κ3) is 3.78. The Hall–Kier alpha value is -3.10. The average molecular weight is 389 g/mol. The number of hydrogen-bond donors (Lipinski definition) is 0. The van der Waals surface area contributed by atoms with Gasteiger partial charge in [-0.15, -0.1) is 0 Å². The number of fused-ring (bicyclic) bond motifs is 1. The minimum Gasteiger partial charge on any atom is -0.486 e. The minimum atomic E-state index is -0.956. The molecule has 1 saturated heterocycles. The maximum atomic E-state index is 12.7. The molecule has 0 bridgehead atoms. The zero-order valence-electron chi connectivity index (χ0n) is 16.0. The molecule has 0 aliphatic carbocycles. The molecule has 0 aromatic heterocycles. The molecule has 150 valence electrons. The molecule has 5 amide bonds. The highest BCUT2D eigenvalue weighted by Gasteiger charge is 2.45. The van der Waals surface area contributed by atoms with Gasteiger partial charge in [-0.3, -0.25) is 19.3 Å². The monoisotopic (exact) mass is 389 g/mol. The number of carbonyl (C=O) groups excluding carboxylic acids is 4. The summed E-state index contributed by atoms with van der Waals surface area (Å²) in [6.07, 6.45) is 0.539. The van der Waals surface area contributed by atoms with Crippen LogP contribution in [0.1, 0.15) is 25.8 Å². The normalized spacial score (nSPS) is 16.0. The van der Waals surface area contributed by atoms with E-state index in [4.69, 9.17) is 9.47 Å². The zero-order chi connectivity index (χ0) is 20.3. The van der Waals surface area contributed by atoms with Gasteiger partial charge in [0.25, 0.3) is 0 Å². The molecule has 0 saturated carbocycles. The van der Waals surface area contributed by atoms with Gasteiger partial charge in [0.15, 0.2) is 11.5 Å². The van der Waals surface area contributed by atoms with Gasteiger partial charge >= 0.3 is 17.8 Å². The van der Waals surface area contributed by atoms with Crippen molar-refractivity contribution in [3.63, 3.8) is 0 Å². The molecule has 0 atom stereocenters. The minimum absolute atomic E-state index is 0.156. The van der Waals surface area contributed by atoms with Crippen molar-refractivity contribution < 1.29 is 28.7 Å². The van der Waals surface area contributed by atoms with Gasteiger partial charge in [0, 0.05) is 19.6 Å². The third-order valence-electron chi connectivity index (χ3n) is 4.59. The molecule has 0 N–H and O–H groups in total. The second-order valence-electron chi connectivity index (χ2n) is 6.52. The number of amides is 5. The Labute approximate surface area is 162 Å². The van der Waals surface area contributed by atoms with Crippen LogP contribution in [0.2, 0.25) is 0 Å². The van der Waals surface area contributed by atoms with Crippen LogP contribution in [0.3, 0.4) is 0 Å². The summed E-state index contributed by atoms with van der Waals surface area (Å²) in [5.41, 5.74) is 0.835. The molecule has 0 unspecified atom stereocenters. The summed E-state index contributed by atoms with van der Waals surface area (Å²) in [6.45, 7) is 4.94. The van der Waals surface area contributed by atoms with Gasteiger partial charge in [0.05, 0.1) is 0 Å². The fraction of sp³-hybridized carbons (Fsp3) is 0.474. The van der Waals surface area contributed by atoms with Crippen LogP contribution in [0.15, 0.2) is 18.2 Å². The first-order chi connectivity index (χ1) is 13.5. The lowest BCUT2D eigenvalue weighted by molar-refractivity contribution is -0.145. The maximum absolute atomic E-state index is 12.7. The molecule has 1 aromatic carbocycles. The van der Waals surface area contributed by atoms with E-state index < -0.39 is 30.3 Å². The Balaban J connectivity index is 1.68. The number of urea groups is 1. The third-order valence-corrected chi connectivity index (χ3v) is 4.59. The van der Waals surface area contributed by atoms with Crippen LogP contribution in [0.5, 0.6) is 11.5 Å². The first kappa shape index (κ1) is 19.7. The van der Waals surface area contributed by atoms with Crippen molar-refractivity contribution in [3.05, 3.63) is 23.8 Å². The summed E-state index contributed by atoms with van der Waals surface area (Å²) in [5.74, 6) is -0.966. The molecule has 0 spiro atoms. The van der Waals surface area contributed by atoms with Gasteiger partial charge in [-0.25, -0.2) is 9.69 Å². The van der Waals surface area contributed by atoms with Crippen molar-refractivity contribution in [2.45, 2.75) is 26.8 Å². The van der Waals surface area contributed by atoms with E-state index in [2.05, 4.69) is 0 Å². The number of ether oxygens (including phenoxy) is 2. The van der Waals surface area contributed by atoms with Gasteiger partial charge in [-0.1, -0.05) is 13.0 Å². The van der Waals surface area contributed by atoms with E-state index in [1.807, 2.05) is 12.1 Å². The zero-order valence-corrected chi connectivity index (χ0v) is 16.0. The van der Waals surface area contributed by atoms with Crippen molar-refractivity contribution in [1.29, 1.82) is 0 Å². The molecule has 9 nitrogen and oxygen atoms in total. The molecule has 1 fully saturated rings. The molecular weight excluding hydrogens is 366 g/mol. The quantitative estimate of drug-likeness (QED) is 0.510. The van der Waals surface area contributed by atoms with E-state index in [1.54, 1.807) is 19.9 Å². The van der Waals surface area contributed by atoms with E-state index in [0.29, 0.717) is 42.6 Å². The molecule has 2 heterocycles. The molecule has 2 aliphatic heterocycles. The van der Waals surface area contributed by atoms with Crippen LogP contribution in [0.4, 0.5) is 4.79 Å². The van der Waals surface area contributed by atoms with Crippen LogP contribution in [-0.4, -0.2) is 71.3 Å². The molecule has 28 heavy (non-hydrogen) atoms. The lowest BCUT2D eigenvalue weighted by atomic mass is 10.1. The van der Waals surface area contributed by atoms with Crippen molar-refractivity contribution >= 4 is 23.8 Å². The number of nitrogens with zero attached hydrogens (tertiary/aromatic N) is 3. The Morgan fingerprint density at radius 1 is 1.04 bits per heavy atom. The maximum Gasteiger partial charge on any atom is 0.334 e. The number of benzene rings is 1. The van der Waals surface area contributed by atoms with E-state index in [9.17, 15) is 19.2 Å². The highest BCUT2D eigenvalue weighted by atomic mass is 16.6. The standard InChI is InChI=1S/C19H23N3O6/c1-3-7-21-17(24)18(25)22(19(21)26)12-16(23)20(4-2)11-13-5-6-14-15(10-13)28-9-8-27-14/h5-6,10H,3-4,7-9,11-12H2,1-2H3. The van der Waals surface area contributed by atoms with E-state index in [-0.39, 0.29) is 13.1 Å². The van der Waals surface area contributed by atoms with Crippen LogP contribution < -0.4 is 9.47 Å². The van der Waals surface area contributed by atoms with Crippen LogP contribution in [0.25, 0.3) is 0 Å². The number of rotatable bonds is 7. The molecule has 1 aromatic rings. The van der Waals surface area contributed by atoms with E-state index >= 15 is 0 Å². The molecule has 2 aliphatic rings. The summed E-state index contributed by atoms with van der Waals surface area (Å²) in [4.78, 5) is 52.1. The van der Waals surface area contributed by atoms with Crippen molar-refractivity contribution in [2.75, 3.05) is 32.8 Å². The number of hydrogen-bond acceptors (Lipinski definition) is 6. The predicted molar refractivity (Wildman–Crippen MR) is 97.6 cm³/mol. The highest BCUT2D eigenvalue weighted by molar-refractivity contribution is 6.45. The van der Waals surface area contributed by atoms with Crippen molar-refractivity contribution in [3.8, 4) is 11.5 Å². The Morgan fingerprint density at radius 3 is 2.39 bits per heavy atom. The molecule has 3 rings (SSSR count). The van der Waals surface area contributed by atoms with E-state index in [1.165, 1.54) is 4.90 Å². The summed E-state index contributed by atoms with van der Waals surface area (Å²) < 4.78 is 11.0. The summed E-state index contributed by atoms with van der Waals surface area (Å²) in [6, 6.07) is 4.70. The summed E-state index contributed by atoms with van der Waals surface area (Å²) in [5, 5.41) is 0. The topological polar surface area (TPSA) is 96.5 Å². The van der Waals surface area contributed by atoms with Gasteiger partial charge in [0.1, 0.15) is 19.8 Å². The van der Waals surface area contributed by atoms with E-state index in [0.717, 1.165) is 10.5 Å². The Morgan fingerprint density at radius 2 is 1.71 bits per heavy atom. The fourth-order valence-electron chi connectivity index (χ4n) is 3.13. The SMILES string of the molecule is CCCN1C(=O)C(=O)N(CC(=O)N(CC)Cc2ccc3c(c2)OCCO3)C1=O. The number of imide groups is 2.